The van der Waals surface area contributed by atoms with E-state index in [1.165, 1.54) is 10.7 Å². The Morgan fingerprint density at radius 1 is 1.08 bits per heavy atom. The lowest BCUT2D eigenvalue weighted by molar-refractivity contribution is 0.183. The van der Waals surface area contributed by atoms with Crippen molar-refractivity contribution in [1.29, 1.82) is 0 Å². The molecule has 0 aromatic heterocycles. The van der Waals surface area contributed by atoms with Gasteiger partial charge in [0.2, 0.25) is 10.0 Å². The Hall–Kier alpha value is -0.700. The minimum atomic E-state index is -4.06. The molecule has 1 atom stereocenters. The van der Waals surface area contributed by atoms with Crippen LogP contribution in [0, 0.1) is 11.6 Å². The molecule has 1 aromatic rings. The number of hydrogen-bond donors (Lipinski definition) is 0. The van der Waals surface area contributed by atoms with Crippen molar-refractivity contribution in [2.24, 2.45) is 0 Å². The molecule has 1 unspecified atom stereocenters. The van der Waals surface area contributed by atoms with Crippen LogP contribution in [0.5, 0.6) is 0 Å². The van der Waals surface area contributed by atoms with E-state index in [-0.39, 0.29) is 6.04 Å². The standard InChI is InChI=1S/C17H24F2N2O2S2/c18-14-5-6-16(19)17(11-14)25(22,23)21-9-4-10-24-13-15(21)12-20-7-2-1-3-8-20/h5-6,11,15H,1-4,7-10,12-13H2. The number of rotatable bonds is 4. The molecule has 1 aromatic carbocycles. The fourth-order valence-corrected chi connectivity index (χ4v) is 6.39. The van der Waals surface area contributed by atoms with Gasteiger partial charge in [0.05, 0.1) is 0 Å². The lowest BCUT2D eigenvalue weighted by Gasteiger charge is -2.35. The highest BCUT2D eigenvalue weighted by molar-refractivity contribution is 7.99. The molecule has 0 bridgehead atoms. The third-order valence-corrected chi connectivity index (χ3v) is 7.95. The van der Waals surface area contributed by atoms with Gasteiger partial charge in [-0.1, -0.05) is 6.42 Å². The summed E-state index contributed by atoms with van der Waals surface area (Å²) in [4.78, 5) is 1.74. The quantitative estimate of drug-likeness (QED) is 0.793. The normalized spacial score (nSPS) is 24.2. The van der Waals surface area contributed by atoms with Gasteiger partial charge in [0.15, 0.2) is 0 Å². The Morgan fingerprint density at radius 2 is 1.84 bits per heavy atom. The highest BCUT2D eigenvalue weighted by Gasteiger charge is 2.35. The van der Waals surface area contributed by atoms with E-state index in [0.717, 1.165) is 56.3 Å². The predicted octanol–water partition coefficient (Wildman–Crippen LogP) is 2.95. The van der Waals surface area contributed by atoms with Gasteiger partial charge in [-0.3, -0.25) is 0 Å². The van der Waals surface area contributed by atoms with Gasteiger partial charge in [0, 0.05) is 24.9 Å². The molecule has 0 radical (unpaired) electrons. The van der Waals surface area contributed by atoms with Crippen molar-refractivity contribution in [2.45, 2.75) is 36.6 Å². The van der Waals surface area contributed by atoms with Gasteiger partial charge in [-0.2, -0.15) is 16.1 Å². The van der Waals surface area contributed by atoms with Crippen molar-refractivity contribution in [3.05, 3.63) is 29.8 Å². The smallest absolute Gasteiger partial charge is 0.246 e. The predicted molar refractivity (Wildman–Crippen MR) is 96.3 cm³/mol. The van der Waals surface area contributed by atoms with E-state index in [0.29, 0.717) is 18.8 Å². The molecule has 25 heavy (non-hydrogen) atoms. The van der Waals surface area contributed by atoms with Crippen molar-refractivity contribution < 1.29 is 17.2 Å². The number of benzene rings is 1. The Bertz CT molecular complexity index is 694. The van der Waals surface area contributed by atoms with Crippen LogP contribution in [0.1, 0.15) is 25.7 Å². The number of sulfonamides is 1. The van der Waals surface area contributed by atoms with Crippen LogP contribution in [-0.4, -0.2) is 61.3 Å². The zero-order valence-electron chi connectivity index (χ0n) is 14.2. The minimum Gasteiger partial charge on any atom is -0.302 e. The first-order valence-corrected chi connectivity index (χ1v) is 11.3. The third kappa shape index (κ3) is 4.53. The summed E-state index contributed by atoms with van der Waals surface area (Å²) in [6.07, 6.45) is 4.19. The van der Waals surface area contributed by atoms with Crippen LogP contribution in [0.25, 0.3) is 0 Å². The van der Waals surface area contributed by atoms with Gasteiger partial charge >= 0.3 is 0 Å². The summed E-state index contributed by atoms with van der Waals surface area (Å²) in [6.45, 7) is 2.96. The Kier molecular flexibility index (Phi) is 6.35. The van der Waals surface area contributed by atoms with Crippen LogP contribution in [0.4, 0.5) is 8.78 Å². The molecule has 2 fully saturated rings. The number of nitrogens with zero attached hydrogens (tertiary/aromatic N) is 2. The molecule has 140 valence electrons. The average Bonchev–Trinajstić information content (AvgIpc) is 2.84. The van der Waals surface area contributed by atoms with E-state index >= 15 is 0 Å². The highest BCUT2D eigenvalue weighted by atomic mass is 32.2. The van der Waals surface area contributed by atoms with E-state index < -0.39 is 26.6 Å². The fraction of sp³-hybridized carbons (Fsp3) is 0.647. The zero-order chi connectivity index (χ0) is 17.9. The fourth-order valence-electron chi connectivity index (χ4n) is 3.51. The maximum absolute atomic E-state index is 14.1. The van der Waals surface area contributed by atoms with Crippen LogP contribution < -0.4 is 0 Å². The molecule has 3 rings (SSSR count). The molecule has 2 aliphatic rings. The lowest BCUT2D eigenvalue weighted by atomic mass is 10.1. The molecule has 2 heterocycles. The Labute approximate surface area is 152 Å². The van der Waals surface area contributed by atoms with E-state index in [9.17, 15) is 17.2 Å². The van der Waals surface area contributed by atoms with Crippen molar-refractivity contribution in [2.75, 3.05) is 37.7 Å². The largest absolute Gasteiger partial charge is 0.302 e. The van der Waals surface area contributed by atoms with Gasteiger partial charge in [-0.15, -0.1) is 0 Å². The van der Waals surface area contributed by atoms with Crippen LogP contribution in [0.15, 0.2) is 23.1 Å². The zero-order valence-corrected chi connectivity index (χ0v) is 15.8. The second kappa shape index (κ2) is 8.33. The van der Waals surface area contributed by atoms with Crippen molar-refractivity contribution in [1.82, 2.24) is 9.21 Å². The molecule has 0 N–H and O–H groups in total. The summed E-state index contributed by atoms with van der Waals surface area (Å²) < 4.78 is 55.2. The summed E-state index contributed by atoms with van der Waals surface area (Å²) in [5.41, 5.74) is 0. The second-order valence-electron chi connectivity index (χ2n) is 6.63. The molecule has 2 aliphatic heterocycles. The molecular formula is C17H24F2N2O2S2. The molecule has 0 amide bonds. The van der Waals surface area contributed by atoms with Crippen molar-refractivity contribution >= 4 is 21.8 Å². The summed E-state index contributed by atoms with van der Waals surface area (Å²) in [6, 6.07) is 2.41. The van der Waals surface area contributed by atoms with Crippen LogP contribution >= 0.6 is 11.8 Å². The summed E-state index contributed by atoms with van der Waals surface area (Å²) in [5, 5.41) is 0. The number of piperidine rings is 1. The summed E-state index contributed by atoms with van der Waals surface area (Å²) in [5.74, 6) is -0.0624. The van der Waals surface area contributed by atoms with Crippen LogP contribution in [0.3, 0.4) is 0 Å². The maximum Gasteiger partial charge on any atom is 0.246 e. The summed E-state index contributed by atoms with van der Waals surface area (Å²) >= 11 is 1.73. The minimum absolute atomic E-state index is 0.210. The number of likely N-dealkylation sites (tertiary alicyclic amines) is 1. The topological polar surface area (TPSA) is 40.6 Å². The first-order chi connectivity index (χ1) is 12.0. The molecule has 0 aliphatic carbocycles. The highest BCUT2D eigenvalue weighted by Crippen LogP contribution is 2.27. The average molecular weight is 391 g/mol. The van der Waals surface area contributed by atoms with E-state index in [1.54, 1.807) is 11.8 Å². The first kappa shape index (κ1) is 19.1. The van der Waals surface area contributed by atoms with Gasteiger partial charge in [0.1, 0.15) is 16.5 Å². The van der Waals surface area contributed by atoms with Crippen molar-refractivity contribution in [3.63, 3.8) is 0 Å². The van der Waals surface area contributed by atoms with E-state index in [4.69, 9.17) is 0 Å². The molecule has 0 saturated carbocycles. The monoisotopic (exact) mass is 390 g/mol. The first-order valence-electron chi connectivity index (χ1n) is 8.75. The van der Waals surface area contributed by atoms with Gasteiger partial charge in [0.25, 0.3) is 0 Å². The Balaban J connectivity index is 1.87. The van der Waals surface area contributed by atoms with Gasteiger partial charge in [-0.05, 0) is 56.3 Å². The molecule has 4 nitrogen and oxygen atoms in total. The molecular weight excluding hydrogens is 366 g/mol. The van der Waals surface area contributed by atoms with Crippen molar-refractivity contribution in [3.8, 4) is 0 Å². The van der Waals surface area contributed by atoms with E-state index in [1.807, 2.05) is 0 Å². The third-order valence-electron chi connectivity index (χ3n) is 4.78. The second-order valence-corrected chi connectivity index (χ2v) is 9.64. The van der Waals surface area contributed by atoms with Crippen LogP contribution in [0.2, 0.25) is 0 Å². The van der Waals surface area contributed by atoms with Crippen LogP contribution in [-0.2, 0) is 10.0 Å². The Morgan fingerprint density at radius 3 is 2.60 bits per heavy atom. The number of halogens is 2. The molecule has 8 heteroatoms. The molecule has 0 spiro atoms. The maximum atomic E-state index is 14.1. The lowest BCUT2D eigenvalue weighted by Crippen LogP contribution is -2.49. The number of hydrogen-bond acceptors (Lipinski definition) is 4. The van der Waals surface area contributed by atoms with E-state index in [2.05, 4.69) is 4.90 Å². The van der Waals surface area contributed by atoms with Gasteiger partial charge in [-0.25, -0.2) is 17.2 Å². The van der Waals surface area contributed by atoms with Gasteiger partial charge < -0.3 is 4.90 Å². The molecule has 2 saturated heterocycles. The number of thioether (sulfide) groups is 1. The summed E-state index contributed by atoms with van der Waals surface area (Å²) in [7, 11) is -4.06. The SMILES string of the molecule is O=S(=O)(c1cc(F)ccc1F)N1CCCSCC1CN1CCCCC1.